The number of alkyl halides is 3. The van der Waals surface area contributed by atoms with E-state index in [2.05, 4.69) is 10.6 Å². The highest BCUT2D eigenvalue weighted by Crippen LogP contribution is 2.22. The Balaban J connectivity index is 1.67. The molecular formula is C17H23ClF3N3O. The summed E-state index contributed by atoms with van der Waals surface area (Å²) in [6.07, 6.45) is -2.86. The van der Waals surface area contributed by atoms with Crippen LogP contribution in [-0.4, -0.2) is 49.3 Å². The Kier molecular flexibility index (Phi) is 6.95. The van der Waals surface area contributed by atoms with Crippen molar-refractivity contribution in [3.63, 3.8) is 0 Å². The minimum Gasteiger partial charge on any atom is -0.338 e. The van der Waals surface area contributed by atoms with Crippen LogP contribution < -0.4 is 10.6 Å². The Bertz CT molecular complexity index is 583. The van der Waals surface area contributed by atoms with Crippen molar-refractivity contribution in [2.75, 3.05) is 26.2 Å². The summed E-state index contributed by atoms with van der Waals surface area (Å²) in [5.74, 6) is 0.0522. The summed E-state index contributed by atoms with van der Waals surface area (Å²) in [5, 5.41) is 6.24. The van der Waals surface area contributed by atoms with Crippen molar-refractivity contribution >= 4 is 17.6 Å². The molecule has 1 saturated heterocycles. The molecule has 1 heterocycles. The summed E-state index contributed by atoms with van der Waals surface area (Å²) in [6.45, 7) is 2.16. The van der Waals surface area contributed by atoms with Gasteiger partial charge in [-0.25, -0.2) is 4.79 Å². The Morgan fingerprint density at radius 3 is 2.88 bits per heavy atom. The van der Waals surface area contributed by atoms with Gasteiger partial charge in [-0.15, -0.1) is 0 Å². The molecule has 1 aromatic rings. The molecule has 140 valence electrons. The Hall–Kier alpha value is -1.47. The first-order valence-electron chi connectivity index (χ1n) is 8.29. The number of nitrogens with one attached hydrogen (secondary N) is 2. The zero-order chi connectivity index (χ0) is 18.4. The van der Waals surface area contributed by atoms with E-state index in [4.69, 9.17) is 11.6 Å². The molecule has 0 radical (unpaired) electrons. The summed E-state index contributed by atoms with van der Waals surface area (Å²) in [6, 6.07) is 7.06. The number of hydrogen-bond acceptors (Lipinski definition) is 2. The molecule has 0 aliphatic carbocycles. The number of nitrogens with zero attached hydrogens (tertiary/aromatic N) is 1. The first-order valence-corrected chi connectivity index (χ1v) is 8.67. The van der Waals surface area contributed by atoms with Crippen molar-refractivity contribution < 1.29 is 18.0 Å². The van der Waals surface area contributed by atoms with Crippen LogP contribution in [0.2, 0.25) is 5.02 Å². The van der Waals surface area contributed by atoms with Gasteiger partial charge in [0.2, 0.25) is 0 Å². The van der Waals surface area contributed by atoms with Crippen molar-refractivity contribution in [3.8, 4) is 0 Å². The average Bonchev–Trinajstić information content (AvgIpc) is 2.90. The summed E-state index contributed by atoms with van der Waals surface area (Å²) < 4.78 is 37.1. The van der Waals surface area contributed by atoms with E-state index in [-0.39, 0.29) is 18.0 Å². The van der Waals surface area contributed by atoms with Gasteiger partial charge in [0.1, 0.15) is 0 Å². The number of halogens is 4. The van der Waals surface area contributed by atoms with Crippen molar-refractivity contribution in [1.82, 2.24) is 15.5 Å². The summed E-state index contributed by atoms with van der Waals surface area (Å²) in [4.78, 5) is 13.3. The van der Waals surface area contributed by atoms with Gasteiger partial charge in [0.15, 0.2) is 0 Å². The quantitative estimate of drug-likeness (QED) is 0.797. The van der Waals surface area contributed by atoms with Crippen LogP contribution in [0.15, 0.2) is 24.3 Å². The van der Waals surface area contributed by atoms with E-state index in [9.17, 15) is 18.0 Å². The van der Waals surface area contributed by atoms with Gasteiger partial charge in [-0.3, -0.25) is 4.90 Å². The number of carbonyl (C=O) groups excluding carboxylic acids is 1. The number of urea groups is 1. The maximum Gasteiger partial charge on any atom is 0.401 e. The number of rotatable bonds is 6. The lowest BCUT2D eigenvalue weighted by molar-refractivity contribution is -0.143. The monoisotopic (exact) mass is 377 g/mol. The van der Waals surface area contributed by atoms with Crippen molar-refractivity contribution in [2.45, 2.75) is 32.0 Å². The van der Waals surface area contributed by atoms with Gasteiger partial charge in [-0.1, -0.05) is 23.7 Å². The van der Waals surface area contributed by atoms with Crippen LogP contribution >= 0.6 is 11.6 Å². The highest BCUT2D eigenvalue weighted by Gasteiger charge is 2.34. The molecule has 0 saturated carbocycles. The largest absolute Gasteiger partial charge is 0.401 e. The fraction of sp³-hybridized carbons (Fsp3) is 0.588. The fourth-order valence-electron chi connectivity index (χ4n) is 3.06. The lowest BCUT2D eigenvalue weighted by atomic mass is 10.1. The normalized spacial score (nSPS) is 19.6. The van der Waals surface area contributed by atoms with Crippen molar-refractivity contribution in [2.24, 2.45) is 5.92 Å². The predicted octanol–water partition coefficient (Wildman–Crippen LogP) is 3.45. The summed E-state index contributed by atoms with van der Waals surface area (Å²) in [7, 11) is 0. The van der Waals surface area contributed by atoms with Crippen LogP contribution in [0.5, 0.6) is 0 Å². The lowest BCUT2D eigenvalue weighted by Crippen LogP contribution is -2.43. The number of hydrogen-bond donors (Lipinski definition) is 2. The topological polar surface area (TPSA) is 44.4 Å². The van der Waals surface area contributed by atoms with Crippen LogP contribution in [0.3, 0.4) is 0 Å². The van der Waals surface area contributed by atoms with Crippen LogP contribution in [0.25, 0.3) is 0 Å². The summed E-state index contributed by atoms with van der Waals surface area (Å²) in [5.41, 5.74) is 1.03. The zero-order valence-electron chi connectivity index (χ0n) is 14.1. The molecule has 2 atom stereocenters. The van der Waals surface area contributed by atoms with E-state index in [1.165, 1.54) is 4.90 Å². The molecule has 0 bridgehead atoms. The number of carbonyl (C=O) groups is 1. The first-order chi connectivity index (χ1) is 11.7. The van der Waals surface area contributed by atoms with Gasteiger partial charge in [0.05, 0.1) is 6.54 Å². The zero-order valence-corrected chi connectivity index (χ0v) is 14.8. The minimum absolute atomic E-state index is 0.0522. The predicted molar refractivity (Wildman–Crippen MR) is 91.8 cm³/mol. The molecular weight excluding hydrogens is 355 g/mol. The van der Waals surface area contributed by atoms with Gasteiger partial charge in [0, 0.05) is 24.2 Å². The molecule has 1 aliphatic rings. The first kappa shape index (κ1) is 19.8. The van der Waals surface area contributed by atoms with Crippen LogP contribution in [0.4, 0.5) is 18.0 Å². The molecule has 1 aliphatic heterocycles. The van der Waals surface area contributed by atoms with Gasteiger partial charge >= 0.3 is 12.2 Å². The third-order valence-electron chi connectivity index (χ3n) is 4.13. The second kappa shape index (κ2) is 8.76. The van der Waals surface area contributed by atoms with Gasteiger partial charge in [-0.2, -0.15) is 13.2 Å². The molecule has 1 aromatic carbocycles. The van der Waals surface area contributed by atoms with Crippen LogP contribution in [-0.2, 0) is 6.42 Å². The van der Waals surface area contributed by atoms with E-state index in [0.29, 0.717) is 37.5 Å². The maximum absolute atomic E-state index is 12.4. The Morgan fingerprint density at radius 1 is 1.44 bits per heavy atom. The number of amides is 2. The SMILES string of the molecule is CC(Cc1cccc(Cl)c1)NC(=O)NCC1CCN(CC(F)(F)F)C1. The average molecular weight is 378 g/mol. The van der Waals surface area contributed by atoms with Crippen LogP contribution in [0.1, 0.15) is 18.9 Å². The fourth-order valence-corrected chi connectivity index (χ4v) is 3.27. The maximum atomic E-state index is 12.4. The smallest absolute Gasteiger partial charge is 0.338 e. The van der Waals surface area contributed by atoms with E-state index < -0.39 is 12.7 Å². The molecule has 2 unspecified atom stereocenters. The molecule has 25 heavy (non-hydrogen) atoms. The third kappa shape index (κ3) is 7.52. The van der Waals surface area contributed by atoms with E-state index >= 15 is 0 Å². The molecule has 1 fully saturated rings. The van der Waals surface area contributed by atoms with Gasteiger partial charge < -0.3 is 10.6 Å². The highest BCUT2D eigenvalue weighted by molar-refractivity contribution is 6.30. The standard InChI is InChI=1S/C17H23ClF3N3O/c1-12(7-13-3-2-4-15(18)8-13)23-16(25)22-9-14-5-6-24(10-14)11-17(19,20)21/h2-4,8,12,14H,5-7,9-11H2,1H3,(H2,22,23,25). The van der Waals surface area contributed by atoms with Crippen LogP contribution in [0, 0.1) is 5.92 Å². The Morgan fingerprint density at radius 2 is 2.20 bits per heavy atom. The molecule has 4 nitrogen and oxygen atoms in total. The summed E-state index contributed by atoms with van der Waals surface area (Å²) >= 11 is 5.93. The van der Waals surface area contributed by atoms with E-state index in [1.54, 1.807) is 6.07 Å². The molecule has 2 N–H and O–H groups in total. The second-order valence-corrected chi connectivity index (χ2v) is 7.03. The van der Waals surface area contributed by atoms with Crippen molar-refractivity contribution in [3.05, 3.63) is 34.9 Å². The molecule has 0 aromatic heterocycles. The molecule has 2 rings (SSSR count). The lowest BCUT2D eigenvalue weighted by Gasteiger charge is -2.19. The molecule has 2 amide bonds. The van der Waals surface area contributed by atoms with Crippen molar-refractivity contribution in [1.29, 1.82) is 0 Å². The molecule has 8 heteroatoms. The number of likely N-dealkylation sites (tertiary alicyclic amines) is 1. The van der Waals surface area contributed by atoms with E-state index in [1.807, 2.05) is 25.1 Å². The second-order valence-electron chi connectivity index (χ2n) is 6.59. The number of benzene rings is 1. The minimum atomic E-state index is -4.17. The van der Waals surface area contributed by atoms with E-state index in [0.717, 1.165) is 5.56 Å². The Labute approximate surface area is 150 Å². The van der Waals surface area contributed by atoms with Gasteiger partial charge in [0.25, 0.3) is 0 Å². The third-order valence-corrected chi connectivity index (χ3v) is 4.37. The molecule has 0 spiro atoms. The van der Waals surface area contributed by atoms with Gasteiger partial charge in [-0.05, 0) is 49.9 Å². The highest BCUT2D eigenvalue weighted by atomic mass is 35.5.